The summed E-state index contributed by atoms with van der Waals surface area (Å²) >= 11 is 9.63. The second kappa shape index (κ2) is 9.16. The first-order valence-electron chi connectivity index (χ1n) is 3.17. The van der Waals surface area contributed by atoms with E-state index in [9.17, 15) is 0 Å². The van der Waals surface area contributed by atoms with Gasteiger partial charge in [0.1, 0.15) is 0 Å². The Kier molecular flexibility index (Phi) is 12.1. The van der Waals surface area contributed by atoms with Crippen molar-refractivity contribution in [2.45, 2.75) is 6.92 Å². The van der Waals surface area contributed by atoms with Gasteiger partial charge in [-0.15, -0.1) is 0 Å². The molecule has 0 spiro atoms. The van der Waals surface area contributed by atoms with Crippen LogP contribution in [0.5, 0.6) is 0 Å². The van der Waals surface area contributed by atoms with Crippen molar-refractivity contribution in [1.29, 1.82) is 0 Å². The number of hydrogen-bond acceptors (Lipinski definition) is 3. The van der Waals surface area contributed by atoms with E-state index >= 15 is 0 Å². The molecule has 0 rings (SSSR count). The van der Waals surface area contributed by atoms with E-state index < -0.39 is 0 Å². The van der Waals surface area contributed by atoms with Gasteiger partial charge in [0.15, 0.2) is 0 Å². The van der Waals surface area contributed by atoms with E-state index in [0.29, 0.717) is 10.9 Å². The Balaban J connectivity index is 0. The van der Waals surface area contributed by atoms with E-state index in [-0.39, 0.29) is 29.6 Å². The molecule has 0 aliphatic carbocycles. The van der Waals surface area contributed by atoms with Gasteiger partial charge in [-0.3, -0.25) is 0 Å². The smallest absolute Gasteiger partial charge is 0.411 e. The zero-order valence-corrected chi connectivity index (χ0v) is 10.9. The van der Waals surface area contributed by atoms with E-state index in [1.165, 1.54) is 0 Å². The van der Waals surface area contributed by atoms with Crippen LogP contribution in [0.3, 0.4) is 0 Å². The van der Waals surface area contributed by atoms with Crippen LogP contribution in [0.1, 0.15) is 6.92 Å². The third-order valence-electron chi connectivity index (χ3n) is 1.21. The van der Waals surface area contributed by atoms with Gasteiger partial charge in [0.05, 0.1) is 6.61 Å². The average molecular weight is 201 g/mol. The van der Waals surface area contributed by atoms with E-state index in [2.05, 4.69) is 0 Å². The molecule has 60 valence electrons. The summed E-state index contributed by atoms with van der Waals surface area (Å²) in [6.45, 7) is 4.37. The summed E-state index contributed by atoms with van der Waals surface area (Å²) in [5, 5.41) is 0. The van der Waals surface area contributed by atoms with Crippen molar-refractivity contribution in [3.63, 3.8) is 0 Å². The van der Waals surface area contributed by atoms with Crippen LogP contribution in [-0.2, 0) is 17.4 Å². The number of methoxy groups -OCH3 is 1. The second-order valence-corrected chi connectivity index (χ2v) is 2.87. The van der Waals surface area contributed by atoms with E-state index in [1.807, 2.05) is 11.8 Å². The van der Waals surface area contributed by atoms with Crippen molar-refractivity contribution in [3.8, 4) is 0 Å². The Labute approximate surface area is 101 Å². The minimum atomic E-state index is 0. The molecule has 0 aromatic heterocycles. The zero-order chi connectivity index (χ0) is 7.98. The molecule has 2 nitrogen and oxygen atoms in total. The summed E-state index contributed by atoms with van der Waals surface area (Å²) in [5.41, 5.74) is 0. The molecule has 0 atom stereocenters. The van der Waals surface area contributed by atoms with Crippen molar-refractivity contribution in [1.82, 2.24) is 4.90 Å². The Morgan fingerprint density at radius 1 is 1.64 bits per heavy atom. The van der Waals surface area contributed by atoms with Crippen LogP contribution in [-0.4, -0.2) is 36.0 Å². The average Bonchev–Trinajstić information content (AvgIpc) is 1.89. The van der Waals surface area contributed by atoms with Gasteiger partial charge in [-0.25, -0.2) is 0 Å². The Hall–Kier alpha value is 1.07. The Bertz CT molecular complexity index is 113. The monoisotopic (exact) mass is 201 g/mol. The van der Waals surface area contributed by atoms with E-state index in [0.717, 1.165) is 13.1 Å². The molecule has 0 saturated heterocycles. The van der Waals surface area contributed by atoms with Crippen LogP contribution >= 0.6 is 12.2 Å². The molecule has 0 aliphatic heterocycles. The van der Waals surface area contributed by atoms with Gasteiger partial charge in [-0.2, -0.15) is 0 Å². The molecule has 0 aliphatic rings. The molecule has 5 heteroatoms. The normalized spacial score (nSPS) is 8.55. The van der Waals surface area contributed by atoms with Crippen LogP contribution in [0.2, 0.25) is 0 Å². The minimum absolute atomic E-state index is 0. The van der Waals surface area contributed by atoms with Gasteiger partial charge in [-0.05, 0) is 6.92 Å². The third kappa shape index (κ3) is 7.43. The molecule has 0 bridgehead atoms. The number of thiocarbonyl (C=S) groups is 1. The minimum Gasteiger partial charge on any atom is -0.411 e. The van der Waals surface area contributed by atoms with Crippen molar-refractivity contribution >= 4 is 29.2 Å². The first kappa shape index (κ1) is 14.6. The maximum absolute atomic E-state index is 4.88. The van der Waals surface area contributed by atoms with Crippen LogP contribution in [0.15, 0.2) is 0 Å². The molecule has 0 radical (unpaired) electrons. The molecule has 0 N–H and O–H groups in total. The number of ether oxygens (including phenoxy) is 1. The number of rotatable bonds is 4. The maximum Gasteiger partial charge on any atom is 1.00 e. The molecular weight excluding hydrogens is 189 g/mol. The Morgan fingerprint density at radius 2 is 2.18 bits per heavy atom. The maximum atomic E-state index is 4.88. The summed E-state index contributed by atoms with van der Waals surface area (Å²) in [6.07, 6.45) is 0. The predicted octanol–water partition coefficient (Wildman–Crippen LogP) is -2.21. The number of likely N-dealkylation sites (N-methyl/N-ethyl adjacent to an activating group) is 1. The molecule has 0 amide bonds. The number of hydrogen-bond donors (Lipinski definition) is 0. The standard InChI is InChI=1S/C6H13NOS2.Na/c1-3-7(6(9)10)4-5-8-2;/h3-5H2,1-2H3,(H,9,10);/q;+1/p-1. The van der Waals surface area contributed by atoms with Crippen molar-refractivity contribution < 1.29 is 34.3 Å². The first-order chi connectivity index (χ1) is 4.72. The predicted molar refractivity (Wildman–Crippen MR) is 49.1 cm³/mol. The van der Waals surface area contributed by atoms with E-state index in [1.54, 1.807) is 7.11 Å². The van der Waals surface area contributed by atoms with Crippen LogP contribution in [0, 0.1) is 0 Å². The molecule has 11 heavy (non-hydrogen) atoms. The third-order valence-corrected chi connectivity index (χ3v) is 1.72. The largest absolute Gasteiger partial charge is 1.00 e. The topological polar surface area (TPSA) is 12.5 Å². The van der Waals surface area contributed by atoms with Gasteiger partial charge in [0.2, 0.25) is 0 Å². The molecular formula is C6H12NNaOS2. The molecule has 0 aromatic rings. The molecule has 0 aromatic carbocycles. The summed E-state index contributed by atoms with van der Waals surface area (Å²) < 4.78 is 5.40. The fraction of sp³-hybridized carbons (Fsp3) is 0.833. The van der Waals surface area contributed by atoms with Crippen LogP contribution in [0.4, 0.5) is 0 Å². The first-order valence-corrected chi connectivity index (χ1v) is 3.98. The van der Waals surface area contributed by atoms with Gasteiger partial charge in [-0.1, -0.05) is 4.32 Å². The van der Waals surface area contributed by atoms with Gasteiger partial charge in [0, 0.05) is 20.2 Å². The molecule has 0 fully saturated rings. The van der Waals surface area contributed by atoms with Crippen molar-refractivity contribution in [2.24, 2.45) is 0 Å². The molecule has 0 heterocycles. The van der Waals surface area contributed by atoms with E-state index in [4.69, 9.17) is 29.6 Å². The van der Waals surface area contributed by atoms with Crippen LogP contribution in [0.25, 0.3) is 0 Å². The van der Waals surface area contributed by atoms with Gasteiger partial charge >= 0.3 is 29.6 Å². The SMILES string of the molecule is CCN(CCOC)C(=S)[S-].[Na+]. The second-order valence-electron chi connectivity index (χ2n) is 1.84. The quantitative estimate of drug-likeness (QED) is 0.290. The van der Waals surface area contributed by atoms with Crippen molar-refractivity contribution in [2.75, 3.05) is 26.8 Å². The fourth-order valence-corrected chi connectivity index (χ4v) is 1.02. The zero-order valence-electron chi connectivity index (χ0n) is 7.29. The summed E-state index contributed by atoms with van der Waals surface area (Å²) in [4.78, 5) is 1.92. The van der Waals surface area contributed by atoms with Gasteiger partial charge < -0.3 is 34.5 Å². The summed E-state index contributed by atoms with van der Waals surface area (Å²) in [6, 6.07) is 0. The summed E-state index contributed by atoms with van der Waals surface area (Å²) in [5.74, 6) is 0. The molecule has 0 unspecified atom stereocenters. The van der Waals surface area contributed by atoms with Crippen LogP contribution < -0.4 is 29.6 Å². The van der Waals surface area contributed by atoms with Gasteiger partial charge in [0.25, 0.3) is 0 Å². The Morgan fingerprint density at radius 3 is 2.45 bits per heavy atom. The number of nitrogens with zero attached hydrogens (tertiary/aromatic N) is 1. The molecule has 0 saturated carbocycles. The summed E-state index contributed by atoms with van der Waals surface area (Å²) in [7, 11) is 1.67. The fourth-order valence-electron chi connectivity index (χ4n) is 0.580. The van der Waals surface area contributed by atoms with Crippen molar-refractivity contribution in [3.05, 3.63) is 0 Å².